The zero-order valence-electron chi connectivity index (χ0n) is 10.6. The van der Waals surface area contributed by atoms with Crippen LogP contribution >= 0.6 is 0 Å². The number of pyridine rings is 1. The Balaban J connectivity index is 2.67. The van der Waals surface area contributed by atoms with Gasteiger partial charge in [-0.05, 0) is 18.9 Å². The van der Waals surface area contributed by atoms with Crippen LogP contribution in [0.4, 0.5) is 11.5 Å². The van der Waals surface area contributed by atoms with E-state index in [-0.39, 0.29) is 5.69 Å². The minimum atomic E-state index is -0.410. The van der Waals surface area contributed by atoms with Gasteiger partial charge in [0.25, 0.3) is 5.69 Å². The topological polar surface area (TPSA) is 68.1 Å². The van der Waals surface area contributed by atoms with E-state index in [0.29, 0.717) is 17.4 Å². The van der Waals surface area contributed by atoms with Crippen LogP contribution in [0.3, 0.4) is 0 Å². The fraction of sp³-hybridized carbons (Fsp3) is 0.583. The maximum atomic E-state index is 10.6. The van der Waals surface area contributed by atoms with Crippen molar-refractivity contribution < 1.29 is 4.92 Å². The molecule has 5 nitrogen and oxygen atoms in total. The second kappa shape index (κ2) is 6.18. The zero-order chi connectivity index (χ0) is 12.8. The van der Waals surface area contributed by atoms with Crippen LogP contribution in [0.2, 0.25) is 0 Å². The summed E-state index contributed by atoms with van der Waals surface area (Å²) < 4.78 is 0. The Kier molecular flexibility index (Phi) is 4.87. The molecular formula is C12H19N3O2. The van der Waals surface area contributed by atoms with Gasteiger partial charge in [0, 0.05) is 12.6 Å². The van der Waals surface area contributed by atoms with Gasteiger partial charge < -0.3 is 5.32 Å². The molecule has 1 rings (SSSR count). The summed E-state index contributed by atoms with van der Waals surface area (Å²) in [5.74, 6) is 1.33. The molecule has 1 heterocycles. The summed E-state index contributed by atoms with van der Waals surface area (Å²) in [5, 5.41) is 13.9. The highest BCUT2D eigenvalue weighted by molar-refractivity contribution is 5.44. The van der Waals surface area contributed by atoms with Gasteiger partial charge in [0.15, 0.2) is 0 Å². The lowest BCUT2D eigenvalue weighted by Gasteiger charge is -2.13. The summed E-state index contributed by atoms with van der Waals surface area (Å²) in [6, 6.07) is 3.16. The molecule has 0 bridgehead atoms. The summed E-state index contributed by atoms with van der Waals surface area (Å²) in [7, 11) is 0. The molecule has 0 unspecified atom stereocenters. The number of aryl methyl sites for hydroxylation is 1. The van der Waals surface area contributed by atoms with Gasteiger partial charge in [-0.15, -0.1) is 0 Å². The number of nitrogens with zero attached hydrogens (tertiary/aromatic N) is 2. The summed E-state index contributed by atoms with van der Waals surface area (Å²) in [6.07, 6.45) is 2.24. The Morgan fingerprint density at radius 3 is 2.53 bits per heavy atom. The Hall–Kier alpha value is -1.65. The van der Waals surface area contributed by atoms with Crippen LogP contribution in [0.15, 0.2) is 12.1 Å². The molecule has 0 saturated carbocycles. The van der Waals surface area contributed by atoms with Crippen LogP contribution in [0, 0.1) is 23.0 Å². The third-order valence-electron chi connectivity index (χ3n) is 2.98. The molecule has 0 aromatic carbocycles. The van der Waals surface area contributed by atoms with E-state index < -0.39 is 4.92 Å². The Labute approximate surface area is 101 Å². The molecular weight excluding hydrogens is 218 g/mol. The van der Waals surface area contributed by atoms with Crippen molar-refractivity contribution in [2.75, 3.05) is 11.9 Å². The van der Waals surface area contributed by atoms with E-state index in [1.165, 1.54) is 6.07 Å². The quantitative estimate of drug-likeness (QED) is 0.609. The van der Waals surface area contributed by atoms with Gasteiger partial charge in [-0.2, -0.15) is 0 Å². The molecule has 1 N–H and O–H groups in total. The number of hydrogen-bond acceptors (Lipinski definition) is 4. The third kappa shape index (κ3) is 3.69. The SMILES string of the molecule is CCC(CC)CNc1ccc([N+](=O)[O-])c(C)n1. The van der Waals surface area contributed by atoms with E-state index in [1.54, 1.807) is 13.0 Å². The standard InChI is InChI=1S/C12H19N3O2/c1-4-10(5-2)8-13-12-7-6-11(15(16)17)9(3)14-12/h6-7,10H,4-5,8H2,1-3H3,(H,13,14). The summed E-state index contributed by atoms with van der Waals surface area (Å²) in [5.41, 5.74) is 0.516. The molecule has 5 heteroatoms. The molecule has 1 aromatic rings. The van der Waals surface area contributed by atoms with Crippen molar-refractivity contribution in [2.24, 2.45) is 5.92 Å². The van der Waals surface area contributed by atoms with Crippen molar-refractivity contribution in [1.29, 1.82) is 0 Å². The van der Waals surface area contributed by atoms with Crippen molar-refractivity contribution in [3.8, 4) is 0 Å². The second-order valence-electron chi connectivity index (χ2n) is 4.12. The van der Waals surface area contributed by atoms with E-state index in [0.717, 1.165) is 19.4 Å². The van der Waals surface area contributed by atoms with Crippen LogP contribution in [0.5, 0.6) is 0 Å². The predicted octanol–water partition coefficient (Wildman–Crippen LogP) is 3.15. The number of rotatable bonds is 6. The lowest BCUT2D eigenvalue weighted by atomic mass is 10.0. The zero-order valence-corrected chi connectivity index (χ0v) is 10.6. The molecule has 0 aliphatic carbocycles. The van der Waals surface area contributed by atoms with E-state index >= 15 is 0 Å². The number of aromatic nitrogens is 1. The number of nitro groups is 1. The van der Waals surface area contributed by atoms with E-state index in [4.69, 9.17) is 0 Å². The average molecular weight is 237 g/mol. The highest BCUT2D eigenvalue weighted by Crippen LogP contribution is 2.18. The van der Waals surface area contributed by atoms with Gasteiger partial charge >= 0.3 is 0 Å². The van der Waals surface area contributed by atoms with Crippen molar-refractivity contribution in [2.45, 2.75) is 33.6 Å². The molecule has 0 spiro atoms. The van der Waals surface area contributed by atoms with Crippen LogP contribution in [-0.4, -0.2) is 16.5 Å². The fourth-order valence-corrected chi connectivity index (χ4v) is 1.67. The van der Waals surface area contributed by atoms with Crippen LogP contribution in [0.1, 0.15) is 32.4 Å². The largest absolute Gasteiger partial charge is 0.370 e. The normalized spacial score (nSPS) is 10.6. The lowest BCUT2D eigenvalue weighted by molar-refractivity contribution is -0.385. The highest BCUT2D eigenvalue weighted by atomic mass is 16.6. The Bertz CT molecular complexity index is 389. The van der Waals surface area contributed by atoms with Gasteiger partial charge in [-0.3, -0.25) is 10.1 Å². The minimum absolute atomic E-state index is 0.0677. The first-order valence-electron chi connectivity index (χ1n) is 5.94. The van der Waals surface area contributed by atoms with Gasteiger partial charge in [0.2, 0.25) is 0 Å². The van der Waals surface area contributed by atoms with Gasteiger partial charge in [0.05, 0.1) is 4.92 Å². The van der Waals surface area contributed by atoms with Gasteiger partial charge in [0.1, 0.15) is 11.5 Å². The summed E-state index contributed by atoms with van der Waals surface area (Å²) >= 11 is 0. The monoisotopic (exact) mass is 237 g/mol. The summed E-state index contributed by atoms with van der Waals surface area (Å²) in [4.78, 5) is 14.4. The molecule has 0 amide bonds. The molecule has 0 radical (unpaired) electrons. The van der Waals surface area contributed by atoms with Crippen molar-refractivity contribution in [3.63, 3.8) is 0 Å². The smallest absolute Gasteiger partial charge is 0.290 e. The maximum Gasteiger partial charge on any atom is 0.290 e. The molecule has 17 heavy (non-hydrogen) atoms. The van der Waals surface area contributed by atoms with Crippen molar-refractivity contribution >= 4 is 11.5 Å². The average Bonchev–Trinajstić information content (AvgIpc) is 2.30. The third-order valence-corrected chi connectivity index (χ3v) is 2.98. The highest BCUT2D eigenvalue weighted by Gasteiger charge is 2.12. The van der Waals surface area contributed by atoms with E-state index in [2.05, 4.69) is 24.1 Å². The first-order valence-corrected chi connectivity index (χ1v) is 5.94. The maximum absolute atomic E-state index is 10.6. The first-order chi connectivity index (χ1) is 8.08. The van der Waals surface area contributed by atoms with Gasteiger partial charge in [-0.1, -0.05) is 26.7 Å². The number of hydrogen-bond donors (Lipinski definition) is 1. The van der Waals surface area contributed by atoms with Crippen LogP contribution in [0.25, 0.3) is 0 Å². The predicted molar refractivity (Wildman–Crippen MR) is 68.2 cm³/mol. The van der Waals surface area contributed by atoms with Crippen LogP contribution < -0.4 is 5.32 Å². The molecule has 0 fully saturated rings. The van der Waals surface area contributed by atoms with Gasteiger partial charge in [-0.25, -0.2) is 4.98 Å². The van der Waals surface area contributed by atoms with E-state index in [1.807, 2.05) is 0 Å². The Morgan fingerprint density at radius 1 is 1.41 bits per heavy atom. The number of nitrogens with one attached hydrogen (secondary N) is 1. The lowest BCUT2D eigenvalue weighted by Crippen LogP contribution is -2.13. The second-order valence-corrected chi connectivity index (χ2v) is 4.12. The summed E-state index contributed by atoms with van der Waals surface area (Å²) in [6.45, 7) is 6.83. The molecule has 0 aliphatic heterocycles. The number of anilines is 1. The van der Waals surface area contributed by atoms with E-state index in [9.17, 15) is 10.1 Å². The van der Waals surface area contributed by atoms with Crippen molar-refractivity contribution in [1.82, 2.24) is 4.98 Å². The van der Waals surface area contributed by atoms with Crippen LogP contribution in [-0.2, 0) is 0 Å². The molecule has 0 atom stereocenters. The van der Waals surface area contributed by atoms with Crippen molar-refractivity contribution in [3.05, 3.63) is 27.9 Å². The minimum Gasteiger partial charge on any atom is -0.370 e. The molecule has 94 valence electrons. The molecule has 0 aliphatic rings. The fourth-order valence-electron chi connectivity index (χ4n) is 1.67. The molecule has 1 aromatic heterocycles. The molecule has 0 saturated heterocycles. The first kappa shape index (κ1) is 13.4. The Morgan fingerprint density at radius 2 is 2.06 bits per heavy atom.